The molecule has 1 aromatic heterocycles. The molecule has 0 fully saturated rings. The Labute approximate surface area is 167 Å². The van der Waals surface area contributed by atoms with Gasteiger partial charge in [-0.3, -0.25) is 4.79 Å². The van der Waals surface area contributed by atoms with Crippen molar-refractivity contribution in [1.29, 1.82) is 0 Å². The van der Waals surface area contributed by atoms with Gasteiger partial charge in [0.05, 0.1) is 0 Å². The summed E-state index contributed by atoms with van der Waals surface area (Å²) in [6.45, 7) is 3.31. The van der Waals surface area contributed by atoms with E-state index in [1.54, 1.807) is 11.0 Å². The second-order valence-corrected chi connectivity index (χ2v) is 7.60. The summed E-state index contributed by atoms with van der Waals surface area (Å²) in [5, 5.41) is 4.08. The maximum absolute atomic E-state index is 13.1. The van der Waals surface area contributed by atoms with Gasteiger partial charge in [-0.2, -0.15) is 0 Å². The lowest BCUT2D eigenvalue weighted by Gasteiger charge is -2.23. The minimum Gasteiger partial charge on any atom is -0.350 e. The molecule has 0 spiro atoms. The molecule has 1 heterocycles. The third kappa shape index (κ3) is 4.84. The lowest BCUT2D eigenvalue weighted by molar-refractivity contribution is 0.0949. The number of carbonyl (C=O) groups excluding carboxylic acids is 1. The van der Waals surface area contributed by atoms with Gasteiger partial charge in [-0.15, -0.1) is 0 Å². The number of anilines is 1. The normalized spacial score (nSPS) is 11.0. The highest BCUT2D eigenvalue weighted by molar-refractivity contribution is 9.10. The Bertz CT molecular complexity index is 919. The van der Waals surface area contributed by atoms with E-state index in [1.807, 2.05) is 74.4 Å². The number of hydrogen-bond acceptors (Lipinski definition) is 4. The zero-order valence-corrected chi connectivity index (χ0v) is 17.2. The summed E-state index contributed by atoms with van der Waals surface area (Å²) in [4.78, 5) is 16.9. The van der Waals surface area contributed by atoms with Crippen molar-refractivity contribution in [3.8, 4) is 11.3 Å². The summed E-state index contributed by atoms with van der Waals surface area (Å²) in [7, 11) is 3.96. The van der Waals surface area contributed by atoms with Gasteiger partial charge in [0.25, 0.3) is 5.91 Å². The average Bonchev–Trinajstić information content (AvgIpc) is 3.12. The standard InChI is InChI=1S/C21H22BrN3O2/c1-15-7-9-16(10-8-15)19-14-20(27-23-19)21(26)25(12-11-24(2)3)18-6-4-5-17(22)13-18/h4-10,13-14H,11-12H2,1-3H3. The Balaban J connectivity index is 1.88. The van der Waals surface area contributed by atoms with Crippen LogP contribution in [-0.2, 0) is 0 Å². The van der Waals surface area contributed by atoms with Crippen LogP contribution in [0.2, 0.25) is 0 Å². The minimum atomic E-state index is -0.208. The molecular weight excluding hydrogens is 406 g/mol. The third-order valence-corrected chi connectivity index (χ3v) is 4.70. The number of rotatable bonds is 6. The van der Waals surface area contributed by atoms with Crippen LogP contribution in [0, 0.1) is 6.92 Å². The van der Waals surface area contributed by atoms with Crippen LogP contribution in [0.1, 0.15) is 16.1 Å². The van der Waals surface area contributed by atoms with Crippen molar-refractivity contribution in [2.75, 3.05) is 32.1 Å². The maximum atomic E-state index is 13.1. The highest BCUT2D eigenvalue weighted by Crippen LogP contribution is 2.24. The van der Waals surface area contributed by atoms with Crippen LogP contribution in [0.15, 0.2) is 63.6 Å². The fourth-order valence-electron chi connectivity index (χ4n) is 2.66. The molecule has 3 aromatic rings. The van der Waals surface area contributed by atoms with Crippen molar-refractivity contribution in [2.45, 2.75) is 6.92 Å². The molecular formula is C21H22BrN3O2. The molecule has 0 N–H and O–H groups in total. The van der Waals surface area contributed by atoms with Gasteiger partial charge < -0.3 is 14.3 Å². The topological polar surface area (TPSA) is 49.6 Å². The monoisotopic (exact) mass is 427 g/mol. The first-order valence-electron chi connectivity index (χ1n) is 8.70. The zero-order chi connectivity index (χ0) is 19.4. The van der Waals surface area contributed by atoms with Crippen LogP contribution in [0.4, 0.5) is 5.69 Å². The van der Waals surface area contributed by atoms with Crippen molar-refractivity contribution < 1.29 is 9.32 Å². The van der Waals surface area contributed by atoms with Gasteiger partial charge in [0, 0.05) is 34.9 Å². The van der Waals surface area contributed by atoms with Crippen molar-refractivity contribution in [3.05, 3.63) is 70.4 Å². The first-order chi connectivity index (χ1) is 12.9. The first-order valence-corrected chi connectivity index (χ1v) is 9.49. The molecule has 5 nitrogen and oxygen atoms in total. The van der Waals surface area contributed by atoms with E-state index in [0.29, 0.717) is 12.2 Å². The molecule has 3 rings (SSSR count). The average molecular weight is 428 g/mol. The molecule has 0 aliphatic carbocycles. The molecule has 27 heavy (non-hydrogen) atoms. The largest absolute Gasteiger partial charge is 0.350 e. The van der Waals surface area contributed by atoms with Crippen molar-refractivity contribution in [3.63, 3.8) is 0 Å². The Hall–Kier alpha value is -2.44. The van der Waals surface area contributed by atoms with E-state index >= 15 is 0 Å². The molecule has 0 atom stereocenters. The van der Waals surface area contributed by atoms with Gasteiger partial charge in [-0.1, -0.05) is 57.0 Å². The molecule has 2 aromatic carbocycles. The molecule has 1 amide bonds. The van der Waals surface area contributed by atoms with Crippen LogP contribution >= 0.6 is 15.9 Å². The summed E-state index contributed by atoms with van der Waals surface area (Å²) in [6, 6.07) is 17.3. The lowest BCUT2D eigenvalue weighted by Crippen LogP contribution is -2.36. The SMILES string of the molecule is Cc1ccc(-c2cc(C(=O)N(CCN(C)C)c3cccc(Br)c3)on2)cc1. The van der Waals surface area contributed by atoms with Gasteiger partial charge in [-0.05, 0) is 39.2 Å². The fourth-order valence-corrected chi connectivity index (χ4v) is 3.05. The van der Waals surface area contributed by atoms with E-state index in [4.69, 9.17) is 4.52 Å². The smallest absolute Gasteiger partial charge is 0.296 e. The molecule has 140 valence electrons. The Morgan fingerprint density at radius 1 is 1.07 bits per heavy atom. The molecule has 0 aliphatic rings. The van der Waals surface area contributed by atoms with E-state index in [-0.39, 0.29) is 11.7 Å². The number of nitrogens with zero attached hydrogens (tertiary/aromatic N) is 3. The summed E-state index contributed by atoms with van der Waals surface area (Å²) in [6.07, 6.45) is 0. The Morgan fingerprint density at radius 2 is 1.81 bits per heavy atom. The molecule has 0 radical (unpaired) electrons. The maximum Gasteiger partial charge on any atom is 0.296 e. The minimum absolute atomic E-state index is 0.208. The molecule has 0 saturated carbocycles. The van der Waals surface area contributed by atoms with Crippen molar-refractivity contribution in [2.24, 2.45) is 0 Å². The Kier molecular flexibility index (Phi) is 6.08. The molecule has 6 heteroatoms. The predicted octanol–water partition coefficient (Wildman–Crippen LogP) is 4.62. The van der Waals surface area contributed by atoms with E-state index in [0.717, 1.165) is 22.3 Å². The van der Waals surface area contributed by atoms with Crippen LogP contribution in [0.25, 0.3) is 11.3 Å². The van der Waals surface area contributed by atoms with Gasteiger partial charge in [0.2, 0.25) is 5.76 Å². The number of aromatic nitrogens is 1. The molecule has 0 bridgehead atoms. The predicted molar refractivity (Wildman–Crippen MR) is 111 cm³/mol. The third-order valence-electron chi connectivity index (χ3n) is 4.20. The van der Waals surface area contributed by atoms with Gasteiger partial charge >= 0.3 is 0 Å². The summed E-state index contributed by atoms with van der Waals surface area (Å²) in [5.74, 6) is 0.0186. The number of aryl methyl sites for hydroxylation is 1. The van der Waals surface area contributed by atoms with Crippen LogP contribution in [0.3, 0.4) is 0 Å². The second kappa shape index (κ2) is 8.50. The second-order valence-electron chi connectivity index (χ2n) is 6.68. The lowest BCUT2D eigenvalue weighted by atomic mass is 10.1. The van der Waals surface area contributed by atoms with Gasteiger partial charge in [0.15, 0.2) is 0 Å². The quantitative estimate of drug-likeness (QED) is 0.575. The number of hydrogen-bond donors (Lipinski definition) is 0. The summed E-state index contributed by atoms with van der Waals surface area (Å²) < 4.78 is 6.30. The molecule has 0 unspecified atom stereocenters. The number of likely N-dealkylation sites (N-methyl/N-ethyl adjacent to an activating group) is 1. The Morgan fingerprint density at radius 3 is 2.48 bits per heavy atom. The van der Waals surface area contributed by atoms with E-state index < -0.39 is 0 Å². The van der Waals surface area contributed by atoms with Gasteiger partial charge in [-0.25, -0.2) is 0 Å². The first kappa shape index (κ1) is 19.3. The number of benzene rings is 2. The summed E-state index contributed by atoms with van der Waals surface area (Å²) in [5.41, 5.74) is 3.55. The highest BCUT2D eigenvalue weighted by atomic mass is 79.9. The number of halogens is 1. The fraction of sp³-hybridized carbons (Fsp3) is 0.238. The van der Waals surface area contributed by atoms with E-state index in [9.17, 15) is 4.79 Å². The van der Waals surface area contributed by atoms with Crippen molar-refractivity contribution >= 4 is 27.5 Å². The van der Waals surface area contributed by atoms with Gasteiger partial charge in [0.1, 0.15) is 5.69 Å². The van der Waals surface area contributed by atoms with Crippen LogP contribution in [-0.4, -0.2) is 43.1 Å². The summed E-state index contributed by atoms with van der Waals surface area (Å²) >= 11 is 3.47. The van der Waals surface area contributed by atoms with Crippen LogP contribution in [0.5, 0.6) is 0 Å². The highest BCUT2D eigenvalue weighted by Gasteiger charge is 2.22. The number of amides is 1. The zero-order valence-electron chi connectivity index (χ0n) is 15.6. The number of carbonyl (C=O) groups is 1. The molecule has 0 aliphatic heterocycles. The van der Waals surface area contributed by atoms with Crippen molar-refractivity contribution in [1.82, 2.24) is 10.1 Å². The molecule has 0 saturated heterocycles. The van der Waals surface area contributed by atoms with E-state index in [1.165, 1.54) is 5.56 Å². The van der Waals surface area contributed by atoms with Crippen LogP contribution < -0.4 is 4.90 Å². The van der Waals surface area contributed by atoms with E-state index in [2.05, 4.69) is 21.1 Å².